The molecular weight excluding hydrogens is 392 g/mol. The fraction of sp³-hybridized carbons (Fsp3) is 0.476. The first kappa shape index (κ1) is 21.0. The summed E-state index contributed by atoms with van der Waals surface area (Å²) in [4.78, 5) is 15.7. The Kier molecular flexibility index (Phi) is 7.26. The van der Waals surface area contributed by atoms with Crippen molar-refractivity contribution in [3.05, 3.63) is 51.7 Å². The molecule has 7 heteroatoms. The zero-order chi connectivity index (χ0) is 20.0. The van der Waals surface area contributed by atoms with Crippen LogP contribution in [0.1, 0.15) is 48.6 Å². The van der Waals surface area contributed by atoms with Crippen LogP contribution in [-0.4, -0.2) is 32.3 Å². The van der Waals surface area contributed by atoms with Crippen LogP contribution >= 0.6 is 11.3 Å². The summed E-state index contributed by atoms with van der Waals surface area (Å²) < 4.78 is 27.8. The van der Waals surface area contributed by atoms with E-state index >= 15 is 0 Å². The summed E-state index contributed by atoms with van der Waals surface area (Å²) in [7, 11) is -3.53. The van der Waals surface area contributed by atoms with Crippen LogP contribution in [0.3, 0.4) is 0 Å². The number of thiophene rings is 1. The molecule has 0 saturated heterocycles. The maximum atomic E-state index is 12.6. The Morgan fingerprint density at radius 3 is 2.68 bits per heavy atom. The van der Waals surface area contributed by atoms with Crippen molar-refractivity contribution in [2.24, 2.45) is 0 Å². The van der Waals surface area contributed by atoms with E-state index in [2.05, 4.69) is 4.72 Å². The third-order valence-electron chi connectivity index (χ3n) is 5.15. The van der Waals surface area contributed by atoms with Crippen LogP contribution in [-0.2, 0) is 34.2 Å². The van der Waals surface area contributed by atoms with Crippen molar-refractivity contribution in [2.75, 3.05) is 13.1 Å². The summed E-state index contributed by atoms with van der Waals surface area (Å²) >= 11 is 1.64. The number of sulfonamides is 1. The number of benzene rings is 1. The third kappa shape index (κ3) is 5.43. The zero-order valence-electron chi connectivity index (χ0n) is 16.3. The molecule has 1 aliphatic rings. The highest BCUT2D eigenvalue weighted by Gasteiger charge is 2.18. The van der Waals surface area contributed by atoms with E-state index in [9.17, 15) is 13.2 Å². The molecule has 0 atom stereocenters. The minimum absolute atomic E-state index is 0.0591. The summed E-state index contributed by atoms with van der Waals surface area (Å²) in [6.45, 7) is 3.50. The minimum atomic E-state index is -3.53. The number of hydrogen-bond acceptors (Lipinski definition) is 4. The van der Waals surface area contributed by atoms with Gasteiger partial charge in [0.2, 0.25) is 15.9 Å². The molecule has 1 N–H and O–H groups in total. The molecule has 1 aromatic heterocycles. The number of carbonyl (C=O) groups is 1. The van der Waals surface area contributed by atoms with Gasteiger partial charge in [0.25, 0.3) is 0 Å². The Bertz CT molecular complexity index is 892. The average Bonchev–Trinajstić information content (AvgIpc) is 3.22. The standard InChI is InChI=1S/C21H28N2O3S2/c1-2-23(16-19-9-6-14-27-19)21(24)10-5-13-22-28(25,26)20-12-11-17-7-3-4-8-18(17)15-20/h6,9,11-12,14-15,22H,2-5,7-8,10,13,16H2,1H3. The largest absolute Gasteiger partial charge is 0.338 e. The fourth-order valence-electron chi connectivity index (χ4n) is 3.53. The number of rotatable bonds is 9. The number of nitrogens with one attached hydrogen (secondary N) is 1. The summed E-state index contributed by atoms with van der Waals surface area (Å²) in [5.74, 6) is 0.0591. The highest BCUT2D eigenvalue weighted by molar-refractivity contribution is 7.89. The lowest BCUT2D eigenvalue weighted by Gasteiger charge is -2.20. The first-order valence-corrected chi connectivity index (χ1v) is 12.3. The SMILES string of the molecule is CCN(Cc1cccs1)C(=O)CCCNS(=O)(=O)c1ccc2c(c1)CCCC2. The molecule has 3 rings (SSSR count). The molecule has 0 radical (unpaired) electrons. The van der Waals surface area contributed by atoms with Crippen molar-refractivity contribution in [2.45, 2.75) is 56.9 Å². The van der Waals surface area contributed by atoms with Crippen LogP contribution in [0.2, 0.25) is 0 Å². The molecule has 2 aromatic rings. The fourth-order valence-corrected chi connectivity index (χ4v) is 5.38. The molecule has 0 aliphatic heterocycles. The lowest BCUT2D eigenvalue weighted by molar-refractivity contribution is -0.131. The Labute approximate surface area is 171 Å². The Hall–Kier alpha value is -1.70. The Morgan fingerprint density at radius 2 is 1.96 bits per heavy atom. The van der Waals surface area contributed by atoms with Crippen LogP contribution in [0.4, 0.5) is 0 Å². The number of amides is 1. The van der Waals surface area contributed by atoms with Gasteiger partial charge in [-0.25, -0.2) is 13.1 Å². The predicted molar refractivity (Wildman–Crippen MR) is 113 cm³/mol. The lowest BCUT2D eigenvalue weighted by Crippen LogP contribution is -2.31. The zero-order valence-corrected chi connectivity index (χ0v) is 17.9. The molecule has 0 saturated carbocycles. The minimum Gasteiger partial charge on any atom is -0.338 e. The molecule has 28 heavy (non-hydrogen) atoms. The van der Waals surface area contributed by atoms with E-state index in [1.165, 1.54) is 12.0 Å². The first-order chi connectivity index (χ1) is 13.5. The van der Waals surface area contributed by atoms with Gasteiger partial charge in [0.15, 0.2) is 0 Å². The Balaban J connectivity index is 1.49. The van der Waals surface area contributed by atoms with E-state index in [1.54, 1.807) is 17.4 Å². The van der Waals surface area contributed by atoms with Crippen molar-refractivity contribution < 1.29 is 13.2 Å². The highest BCUT2D eigenvalue weighted by Crippen LogP contribution is 2.24. The summed E-state index contributed by atoms with van der Waals surface area (Å²) in [6, 6.07) is 9.44. The Morgan fingerprint density at radius 1 is 1.18 bits per heavy atom. The van der Waals surface area contributed by atoms with Gasteiger partial charge in [-0.05, 0) is 73.7 Å². The van der Waals surface area contributed by atoms with Gasteiger partial charge in [-0.2, -0.15) is 0 Å². The van der Waals surface area contributed by atoms with Gasteiger partial charge < -0.3 is 4.90 Å². The van der Waals surface area contributed by atoms with Crippen molar-refractivity contribution in [1.29, 1.82) is 0 Å². The van der Waals surface area contributed by atoms with Crippen LogP contribution in [0.15, 0.2) is 40.6 Å². The van der Waals surface area contributed by atoms with Gasteiger partial charge in [-0.1, -0.05) is 12.1 Å². The summed E-state index contributed by atoms with van der Waals surface area (Å²) in [5.41, 5.74) is 2.41. The second-order valence-electron chi connectivity index (χ2n) is 7.13. The molecule has 0 unspecified atom stereocenters. The van der Waals surface area contributed by atoms with Crippen molar-refractivity contribution in [3.63, 3.8) is 0 Å². The average molecular weight is 421 g/mol. The van der Waals surface area contributed by atoms with Crippen molar-refractivity contribution >= 4 is 27.3 Å². The number of hydrogen-bond donors (Lipinski definition) is 1. The number of carbonyl (C=O) groups excluding carboxylic acids is 1. The first-order valence-electron chi connectivity index (χ1n) is 9.91. The van der Waals surface area contributed by atoms with Gasteiger partial charge in [-0.3, -0.25) is 4.79 Å². The molecule has 0 bridgehead atoms. The van der Waals surface area contributed by atoms with E-state index < -0.39 is 10.0 Å². The summed E-state index contributed by atoms with van der Waals surface area (Å²) in [5, 5.41) is 2.00. The summed E-state index contributed by atoms with van der Waals surface area (Å²) in [6.07, 6.45) is 5.10. The molecule has 0 fully saturated rings. The van der Waals surface area contributed by atoms with E-state index in [4.69, 9.17) is 0 Å². The molecular formula is C21H28N2O3S2. The van der Waals surface area contributed by atoms with Crippen molar-refractivity contribution in [3.8, 4) is 0 Å². The maximum absolute atomic E-state index is 12.6. The number of nitrogens with zero attached hydrogens (tertiary/aromatic N) is 1. The number of aryl methyl sites for hydroxylation is 2. The van der Waals surface area contributed by atoms with Gasteiger partial charge in [-0.15, -0.1) is 11.3 Å². The van der Waals surface area contributed by atoms with E-state index in [1.807, 2.05) is 41.5 Å². The second-order valence-corrected chi connectivity index (χ2v) is 9.93. The van der Waals surface area contributed by atoms with Crippen LogP contribution in [0.25, 0.3) is 0 Å². The smallest absolute Gasteiger partial charge is 0.240 e. The van der Waals surface area contributed by atoms with Gasteiger partial charge in [0.1, 0.15) is 0 Å². The number of fused-ring (bicyclic) bond motifs is 1. The molecule has 1 amide bonds. The van der Waals surface area contributed by atoms with E-state index in [0.717, 1.165) is 29.7 Å². The molecule has 1 aromatic carbocycles. The van der Waals surface area contributed by atoms with Gasteiger partial charge in [0, 0.05) is 24.4 Å². The quantitative estimate of drug-likeness (QED) is 0.629. The molecule has 152 valence electrons. The highest BCUT2D eigenvalue weighted by atomic mass is 32.2. The predicted octanol–water partition coefficient (Wildman–Crippen LogP) is 3.73. The molecule has 0 spiro atoms. The molecule has 1 heterocycles. The van der Waals surface area contributed by atoms with E-state index in [-0.39, 0.29) is 12.5 Å². The lowest BCUT2D eigenvalue weighted by atomic mass is 9.92. The topological polar surface area (TPSA) is 66.5 Å². The monoisotopic (exact) mass is 420 g/mol. The third-order valence-corrected chi connectivity index (χ3v) is 7.47. The molecule has 1 aliphatic carbocycles. The van der Waals surface area contributed by atoms with E-state index in [0.29, 0.717) is 30.8 Å². The van der Waals surface area contributed by atoms with Crippen LogP contribution in [0, 0.1) is 0 Å². The van der Waals surface area contributed by atoms with Gasteiger partial charge >= 0.3 is 0 Å². The van der Waals surface area contributed by atoms with Crippen molar-refractivity contribution in [1.82, 2.24) is 9.62 Å². The van der Waals surface area contributed by atoms with Crippen LogP contribution < -0.4 is 4.72 Å². The maximum Gasteiger partial charge on any atom is 0.240 e. The second kappa shape index (κ2) is 9.67. The normalized spacial score (nSPS) is 13.9. The van der Waals surface area contributed by atoms with Crippen LogP contribution in [0.5, 0.6) is 0 Å². The molecule has 5 nitrogen and oxygen atoms in total. The van der Waals surface area contributed by atoms with Gasteiger partial charge in [0.05, 0.1) is 11.4 Å².